The molecule has 1 atom stereocenters. The predicted molar refractivity (Wildman–Crippen MR) is 53.7 cm³/mol. The molecule has 0 spiro atoms. The molecule has 76 valence electrons. The quantitative estimate of drug-likeness (QED) is 0.779. The van der Waals surface area contributed by atoms with E-state index >= 15 is 0 Å². The van der Waals surface area contributed by atoms with Gasteiger partial charge in [-0.15, -0.1) is 0 Å². The van der Waals surface area contributed by atoms with Crippen molar-refractivity contribution < 1.29 is 5.11 Å². The van der Waals surface area contributed by atoms with Gasteiger partial charge in [-0.25, -0.2) is 0 Å². The fraction of sp³-hybridized carbons (Fsp3) is 0.636. The third-order valence-electron chi connectivity index (χ3n) is 2.95. The molecule has 0 radical (unpaired) electrons. The summed E-state index contributed by atoms with van der Waals surface area (Å²) in [5.74, 6) is 0.395. The van der Waals surface area contributed by atoms with Crippen LogP contribution in [0.5, 0.6) is 0 Å². The van der Waals surface area contributed by atoms with Gasteiger partial charge < -0.3 is 5.11 Å². The first-order valence-corrected chi connectivity index (χ1v) is 5.24. The van der Waals surface area contributed by atoms with E-state index in [-0.39, 0.29) is 0 Å². The first-order valence-electron chi connectivity index (χ1n) is 5.24. The van der Waals surface area contributed by atoms with Gasteiger partial charge in [-0.05, 0) is 25.7 Å². The number of rotatable bonds is 2. The van der Waals surface area contributed by atoms with Crippen molar-refractivity contribution in [2.45, 2.75) is 38.7 Å². The molecular weight excluding hydrogens is 176 g/mol. The summed E-state index contributed by atoms with van der Waals surface area (Å²) >= 11 is 0. The zero-order valence-corrected chi connectivity index (χ0v) is 8.48. The van der Waals surface area contributed by atoms with E-state index in [1.54, 1.807) is 12.4 Å². The highest BCUT2D eigenvalue weighted by atomic mass is 16.3. The number of hydrogen-bond donors (Lipinski definition) is 1. The zero-order chi connectivity index (χ0) is 9.97. The number of aryl methyl sites for hydroxylation is 1. The van der Waals surface area contributed by atoms with Crippen LogP contribution in [0.15, 0.2) is 12.4 Å². The summed E-state index contributed by atoms with van der Waals surface area (Å²) in [5.41, 5.74) is 1.62. The van der Waals surface area contributed by atoms with Crippen molar-refractivity contribution in [1.82, 2.24) is 9.97 Å². The van der Waals surface area contributed by atoms with Crippen molar-refractivity contribution in [2.75, 3.05) is 0 Å². The van der Waals surface area contributed by atoms with Gasteiger partial charge in [-0.2, -0.15) is 0 Å². The molecule has 1 fully saturated rings. The minimum Gasteiger partial charge on any atom is -0.386 e. The third-order valence-corrected chi connectivity index (χ3v) is 2.95. The Balaban J connectivity index is 2.09. The van der Waals surface area contributed by atoms with E-state index in [1.807, 2.05) is 6.92 Å². The monoisotopic (exact) mass is 192 g/mol. The number of aliphatic hydroxyl groups excluding tert-OH is 1. The molecule has 1 N–H and O–H groups in total. The van der Waals surface area contributed by atoms with Gasteiger partial charge in [0, 0.05) is 6.20 Å². The smallest absolute Gasteiger partial charge is 0.100 e. The SMILES string of the molecule is Cc1cnc(C(O)C2CCCC2)cn1. The second-order valence-corrected chi connectivity index (χ2v) is 4.07. The van der Waals surface area contributed by atoms with Crippen LogP contribution in [-0.4, -0.2) is 15.1 Å². The van der Waals surface area contributed by atoms with Crippen molar-refractivity contribution in [3.8, 4) is 0 Å². The Hall–Kier alpha value is -0.960. The van der Waals surface area contributed by atoms with E-state index in [2.05, 4.69) is 9.97 Å². The van der Waals surface area contributed by atoms with Gasteiger partial charge in [0.2, 0.25) is 0 Å². The summed E-state index contributed by atoms with van der Waals surface area (Å²) in [7, 11) is 0. The van der Waals surface area contributed by atoms with E-state index in [4.69, 9.17) is 0 Å². The minimum absolute atomic E-state index is 0.395. The molecule has 1 aliphatic rings. The van der Waals surface area contributed by atoms with Crippen LogP contribution in [0.25, 0.3) is 0 Å². The van der Waals surface area contributed by atoms with Crippen molar-refractivity contribution in [1.29, 1.82) is 0 Å². The highest BCUT2D eigenvalue weighted by Gasteiger charge is 2.25. The lowest BCUT2D eigenvalue weighted by molar-refractivity contribution is 0.107. The molecule has 1 unspecified atom stereocenters. The predicted octanol–water partition coefficient (Wildman–Crippen LogP) is 2.01. The summed E-state index contributed by atoms with van der Waals surface area (Å²) in [6.45, 7) is 1.90. The van der Waals surface area contributed by atoms with E-state index < -0.39 is 6.10 Å². The van der Waals surface area contributed by atoms with Crippen LogP contribution in [0, 0.1) is 12.8 Å². The maximum absolute atomic E-state index is 10.0. The topological polar surface area (TPSA) is 46.0 Å². The Labute approximate surface area is 84.2 Å². The maximum Gasteiger partial charge on any atom is 0.100 e. The molecule has 1 aliphatic carbocycles. The summed E-state index contributed by atoms with van der Waals surface area (Å²) in [5, 5.41) is 10.0. The minimum atomic E-state index is -0.411. The molecule has 0 saturated heterocycles. The highest BCUT2D eigenvalue weighted by Crippen LogP contribution is 2.34. The second-order valence-electron chi connectivity index (χ2n) is 4.07. The van der Waals surface area contributed by atoms with Gasteiger partial charge >= 0.3 is 0 Å². The van der Waals surface area contributed by atoms with Gasteiger partial charge in [0.15, 0.2) is 0 Å². The number of nitrogens with zero attached hydrogens (tertiary/aromatic N) is 2. The summed E-state index contributed by atoms with van der Waals surface area (Å²) in [6, 6.07) is 0. The molecule has 0 aromatic carbocycles. The van der Waals surface area contributed by atoms with E-state index in [9.17, 15) is 5.11 Å². The van der Waals surface area contributed by atoms with Crippen LogP contribution in [-0.2, 0) is 0 Å². The van der Waals surface area contributed by atoms with Crippen molar-refractivity contribution in [3.63, 3.8) is 0 Å². The summed E-state index contributed by atoms with van der Waals surface area (Å²) in [4.78, 5) is 8.36. The maximum atomic E-state index is 10.0. The average Bonchev–Trinajstić information content (AvgIpc) is 2.71. The Morgan fingerprint density at radius 1 is 1.29 bits per heavy atom. The highest BCUT2D eigenvalue weighted by molar-refractivity contribution is 5.05. The lowest BCUT2D eigenvalue weighted by Gasteiger charge is -2.16. The number of aromatic nitrogens is 2. The molecule has 1 heterocycles. The van der Waals surface area contributed by atoms with Crippen LogP contribution < -0.4 is 0 Å². The molecule has 1 aromatic heterocycles. The molecule has 3 nitrogen and oxygen atoms in total. The fourth-order valence-electron chi connectivity index (χ4n) is 2.07. The normalized spacial score (nSPS) is 19.9. The molecule has 14 heavy (non-hydrogen) atoms. The van der Waals surface area contributed by atoms with Crippen LogP contribution in [0.4, 0.5) is 0 Å². The Kier molecular flexibility index (Phi) is 2.77. The summed E-state index contributed by atoms with van der Waals surface area (Å²) in [6.07, 6.45) is 7.71. The molecule has 0 aliphatic heterocycles. The van der Waals surface area contributed by atoms with E-state index in [1.165, 1.54) is 12.8 Å². The number of hydrogen-bond acceptors (Lipinski definition) is 3. The molecule has 2 rings (SSSR count). The van der Waals surface area contributed by atoms with Crippen molar-refractivity contribution in [2.24, 2.45) is 5.92 Å². The molecule has 3 heteroatoms. The Morgan fingerprint density at radius 3 is 2.57 bits per heavy atom. The van der Waals surface area contributed by atoms with Gasteiger partial charge in [0.1, 0.15) is 6.10 Å². The Morgan fingerprint density at radius 2 is 2.00 bits per heavy atom. The average molecular weight is 192 g/mol. The molecular formula is C11H16N2O. The lowest BCUT2D eigenvalue weighted by Crippen LogP contribution is -2.11. The van der Waals surface area contributed by atoms with Crippen LogP contribution in [0.2, 0.25) is 0 Å². The molecule has 1 saturated carbocycles. The third kappa shape index (κ3) is 1.93. The van der Waals surface area contributed by atoms with Crippen LogP contribution in [0.1, 0.15) is 43.2 Å². The van der Waals surface area contributed by atoms with Gasteiger partial charge in [0.05, 0.1) is 17.6 Å². The van der Waals surface area contributed by atoms with Gasteiger partial charge in [-0.1, -0.05) is 12.8 Å². The van der Waals surface area contributed by atoms with Crippen LogP contribution in [0.3, 0.4) is 0 Å². The molecule has 0 bridgehead atoms. The zero-order valence-electron chi connectivity index (χ0n) is 8.48. The van der Waals surface area contributed by atoms with Gasteiger partial charge in [0.25, 0.3) is 0 Å². The first-order chi connectivity index (χ1) is 6.77. The van der Waals surface area contributed by atoms with Crippen molar-refractivity contribution in [3.05, 3.63) is 23.8 Å². The Bertz CT molecular complexity index is 291. The molecule has 0 amide bonds. The lowest BCUT2D eigenvalue weighted by atomic mass is 9.99. The first kappa shape index (κ1) is 9.59. The standard InChI is InChI=1S/C11H16N2O/c1-8-6-13-10(7-12-8)11(14)9-4-2-3-5-9/h6-7,9,11,14H,2-5H2,1H3. The number of aliphatic hydroxyl groups is 1. The molecule has 1 aromatic rings. The van der Waals surface area contributed by atoms with Crippen molar-refractivity contribution >= 4 is 0 Å². The van der Waals surface area contributed by atoms with E-state index in [0.29, 0.717) is 5.92 Å². The van der Waals surface area contributed by atoms with E-state index in [0.717, 1.165) is 24.2 Å². The summed E-state index contributed by atoms with van der Waals surface area (Å²) < 4.78 is 0. The second kappa shape index (κ2) is 4.05. The van der Waals surface area contributed by atoms with Crippen LogP contribution >= 0.6 is 0 Å². The largest absolute Gasteiger partial charge is 0.386 e. The van der Waals surface area contributed by atoms with Gasteiger partial charge in [-0.3, -0.25) is 9.97 Å². The fourth-order valence-corrected chi connectivity index (χ4v) is 2.07.